The topological polar surface area (TPSA) is 71.0 Å². The van der Waals surface area contributed by atoms with Crippen LogP contribution in [0.1, 0.15) is 40.8 Å². The van der Waals surface area contributed by atoms with Gasteiger partial charge in [0.05, 0.1) is 17.6 Å². The second kappa shape index (κ2) is 8.16. The maximum Gasteiger partial charge on any atom is 0.271 e. The largest absolute Gasteiger partial charge is 0.350 e. The minimum Gasteiger partial charge on any atom is -0.350 e. The molecule has 3 rings (SSSR count). The first-order valence-corrected chi connectivity index (χ1v) is 8.87. The van der Waals surface area contributed by atoms with Crippen LogP contribution in [0.5, 0.6) is 0 Å². The summed E-state index contributed by atoms with van der Waals surface area (Å²) in [5.74, 6) is 0.319. The van der Waals surface area contributed by atoms with Crippen LogP contribution in [0.25, 0.3) is 0 Å². The average molecular weight is 339 g/mol. The Morgan fingerprint density at radius 3 is 2.80 bits per heavy atom. The average Bonchev–Trinajstić information content (AvgIpc) is 3.08. The molecule has 0 aliphatic carbocycles. The van der Waals surface area contributed by atoms with E-state index in [4.69, 9.17) is 0 Å². The number of hydrogen-bond acceptors (Lipinski definition) is 5. The van der Waals surface area contributed by atoms with Crippen LogP contribution in [0, 0.1) is 12.8 Å². The second-order valence-corrected chi connectivity index (χ2v) is 6.65. The van der Waals surface area contributed by atoms with Gasteiger partial charge in [-0.05, 0) is 43.9 Å². The Hall–Kier alpha value is -2.34. The lowest BCUT2D eigenvalue weighted by Crippen LogP contribution is -2.31. The predicted molar refractivity (Wildman–Crippen MR) is 96.1 cm³/mol. The van der Waals surface area contributed by atoms with Gasteiger partial charge >= 0.3 is 0 Å². The van der Waals surface area contributed by atoms with Gasteiger partial charge in [0.1, 0.15) is 5.69 Å². The molecule has 1 unspecified atom stereocenters. The highest BCUT2D eigenvalue weighted by atomic mass is 16.1. The summed E-state index contributed by atoms with van der Waals surface area (Å²) in [5, 5.41) is 2.98. The number of pyridine rings is 1. The zero-order valence-corrected chi connectivity index (χ0v) is 14.9. The standard InChI is InChI=1S/C19H25N5O/c1-3-15-4-5-17(21-9-15)13-24-7-6-16(12-24)10-23-19(25)18-11-20-14(2)8-22-18/h4-5,8-9,11,16H,3,6-7,10,12-13H2,1-2H3,(H,23,25). The van der Waals surface area contributed by atoms with Gasteiger partial charge in [-0.25, -0.2) is 4.98 Å². The summed E-state index contributed by atoms with van der Waals surface area (Å²) in [4.78, 5) is 27.3. The molecule has 1 fully saturated rings. The molecular formula is C19H25N5O. The van der Waals surface area contributed by atoms with Crippen LogP contribution in [-0.4, -0.2) is 45.4 Å². The summed E-state index contributed by atoms with van der Waals surface area (Å²) >= 11 is 0. The van der Waals surface area contributed by atoms with Crippen molar-refractivity contribution >= 4 is 5.91 Å². The molecule has 1 aliphatic heterocycles. The molecule has 25 heavy (non-hydrogen) atoms. The first kappa shape index (κ1) is 17.5. The maximum atomic E-state index is 12.1. The van der Waals surface area contributed by atoms with E-state index in [9.17, 15) is 4.79 Å². The first-order valence-electron chi connectivity index (χ1n) is 8.87. The molecule has 6 heteroatoms. The summed E-state index contributed by atoms with van der Waals surface area (Å²) in [6.07, 6.45) is 7.21. The highest BCUT2D eigenvalue weighted by Crippen LogP contribution is 2.17. The van der Waals surface area contributed by atoms with E-state index in [2.05, 4.69) is 44.2 Å². The Balaban J connectivity index is 1.44. The second-order valence-electron chi connectivity index (χ2n) is 6.65. The molecule has 1 N–H and O–H groups in total. The third-order valence-corrected chi connectivity index (χ3v) is 4.61. The monoisotopic (exact) mass is 339 g/mol. The fraction of sp³-hybridized carbons (Fsp3) is 0.474. The number of rotatable bonds is 6. The van der Waals surface area contributed by atoms with Crippen molar-refractivity contribution in [3.05, 3.63) is 53.4 Å². The van der Waals surface area contributed by atoms with Crippen molar-refractivity contribution in [3.8, 4) is 0 Å². The molecule has 0 bridgehead atoms. The number of nitrogens with one attached hydrogen (secondary N) is 1. The van der Waals surface area contributed by atoms with Crippen molar-refractivity contribution < 1.29 is 4.79 Å². The molecule has 6 nitrogen and oxygen atoms in total. The Morgan fingerprint density at radius 1 is 1.24 bits per heavy atom. The molecule has 0 aromatic carbocycles. The van der Waals surface area contributed by atoms with Crippen LogP contribution in [0.3, 0.4) is 0 Å². The number of carbonyl (C=O) groups is 1. The van der Waals surface area contributed by atoms with Crippen LogP contribution in [0.15, 0.2) is 30.7 Å². The zero-order valence-electron chi connectivity index (χ0n) is 14.9. The highest BCUT2D eigenvalue weighted by molar-refractivity contribution is 5.91. The normalized spacial score (nSPS) is 17.6. The van der Waals surface area contributed by atoms with Crippen molar-refractivity contribution in [1.82, 2.24) is 25.2 Å². The molecule has 1 saturated heterocycles. The zero-order chi connectivity index (χ0) is 17.6. The fourth-order valence-corrected chi connectivity index (χ4v) is 3.05. The molecule has 0 spiro atoms. The van der Waals surface area contributed by atoms with Gasteiger partial charge in [0.15, 0.2) is 0 Å². The van der Waals surface area contributed by atoms with E-state index >= 15 is 0 Å². The van der Waals surface area contributed by atoms with E-state index < -0.39 is 0 Å². The van der Waals surface area contributed by atoms with Crippen molar-refractivity contribution in [2.45, 2.75) is 33.2 Å². The predicted octanol–water partition coefficient (Wildman–Crippen LogP) is 1.99. The molecule has 1 aliphatic rings. The lowest BCUT2D eigenvalue weighted by molar-refractivity contribution is 0.0942. The van der Waals surface area contributed by atoms with Crippen molar-refractivity contribution in [3.63, 3.8) is 0 Å². The molecule has 0 radical (unpaired) electrons. The number of amides is 1. The van der Waals surface area contributed by atoms with Gasteiger partial charge in [-0.2, -0.15) is 0 Å². The quantitative estimate of drug-likeness (QED) is 0.871. The lowest BCUT2D eigenvalue weighted by atomic mass is 10.1. The molecule has 2 aromatic rings. The van der Waals surface area contributed by atoms with Crippen LogP contribution < -0.4 is 5.32 Å². The Labute approximate surface area is 148 Å². The number of likely N-dealkylation sites (tertiary alicyclic amines) is 1. The van der Waals surface area contributed by atoms with E-state index in [1.165, 1.54) is 11.8 Å². The molecule has 1 amide bonds. The van der Waals surface area contributed by atoms with E-state index in [1.807, 2.05) is 13.1 Å². The molecule has 3 heterocycles. The van der Waals surface area contributed by atoms with Gasteiger partial charge in [-0.1, -0.05) is 13.0 Å². The van der Waals surface area contributed by atoms with Gasteiger partial charge < -0.3 is 5.32 Å². The minimum atomic E-state index is -0.150. The molecule has 1 atom stereocenters. The fourth-order valence-electron chi connectivity index (χ4n) is 3.05. The number of nitrogens with zero attached hydrogens (tertiary/aromatic N) is 4. The van der Waals surface area contributed by atoms with Gasteiger partial charge in [0.2, 0.25) is 0 Å². The molecule has 0 saturated carbocycles. The first-order chi connectivity index (χ1) is 12.1. The van der Waals surface area contributed by atoms with Crippen molar-refractivity contribution in [2.24, 2.45) is 5.92 Å². The Bertz CT molecular complexity index is 699. The van der Waals surface area contributed by atoms with Gasteiger partial charge in [0, 0.05) is 32.0 Å². The van der Waals surface area contributed by atoms with Crippen LogP contribution in [-0.2, 0) is 13.0 Å². The third-order valence-electron chi connectivity index (χ3n) is 4.61. The van der Waals surface area contributed by atoms with Crippen LogP contribution >= 0.6 is 0 Å². The smallest absolute Gasteiger partial charge is 0.271 e. The number of hydrogen-bond donors (Lipinski definition) is 1. The number of aryl methyl sites for hydroxylation is 2. The van der Waals surface area contributed by atoms with Gasteiger partial charge in [0.25, 0.3) is 5.91 Å². The molecular weight excluding hydrogens is 314 g/mol. The minimum absolute atomic E-state index is 0.150. The summed E-state index contributed by atoms with van der Waals surface area (Å²) in [6, 6.07) is 4.27. The number of aromatic nitrogens is 3. The van der Waals surface area contributed by atoms with E-state index in [-0.39, 0.29) is 5.91 Å². The lowest BCUT2D eigenvalue weighted by Gasteiger charge is -2.16. The number of carbonyl (C=O) groups excluding carboxylic acids is 1. The summed E-state index contributed by atoms with van der Waals surface area (Å²) in [5.41, 5.74) is 3.56. The Morgan fingerprint density at radius 2 is 2.12 bits per heavy atom. The molecule has 132 valence electrons. The third kappa shape index (κ3) is 4.82. The summed E-state index contributed by atoms with van der Waals surface area (Å²) < 4.78 is 0. The van der Waals surface area contributed by atoms with Crippen molar-refractivity contribution in [1.29, 1.82) is 0 Å². The van der Waals surface area contributed by atoms with E-state index in [0.29, 0.717) is 18.2 Å². The SMILES string of the molecule is CCc1ccc(CN2CCC(CNC(=O)c3cnc(C)cn3)C2)nc1. The summed E-state index contributed by atoms with van der Waals surface area (Å²) in [6.45, 7) is 7.56. The maximum absolute atomic E-state index is 12.1. The van der Waals surface area contributed by atoms with E-state index in [0.717, 1.165) is 43.9 Å². The van der Waals surface area contributed by atoms with Gasteiger partial charge in [-0.15, -0.1) is 0 Å². The summed E-state index contributed by atoms with van der Waals surface area (Å²) in [7, 11) is 0. The van der Waals surface area contributed by atoms with Gasteiger partial charge in [-0.3, -0.25) is 19.7 Å². The molecule has 2 aromatic heterocycles. The Kier molecular flexibility index (Phi) is 5.71. The van der Waals surface area contributed by atoms with E-state index in [1.54, 1.807) is 6.20 Å². The van der Waals surface area contributed by atoms with Crippen LogP contribution in [0.2, 0.25) is 0 Å². The van der Waals surface area contributed by atoms with Crippen LogP contribution in [0.4, 0.5) is 0 Å². The van der Waals surface area contributed by atoms with Crippen molar-refractivity contribution in [2.75, 3.05) is 19.6 Å². The highest BCUT2D eigenvalue weighted by Gasteiger charge is 2.23.